The lowest BCUT2D eigenvalue weighted by Crippen LogP contribution is -2.33. The zero-order chi connectivity index (χ0) is 13.1. The molecule has 0 aliphatic carbocycles. The second-order valence-electron chi connectivity index (χ2n) is 3.45. The number of nitrogens with one attached hydrogen (secondary N) is 1. The van der Waals surface area contributed by atoms with Gasteiger partial charge in [0.2, 0.25) is 10.0 Å². The van der Waals surface area contributed by atoms with Crippen LogP contribution in [0, 0.1) is 0 Å². The second-order valence-corrected chi connectivity index (χ2v) is 7.52. The molecule has 0 fully saturated rings. The Labute approximate surface area is 113 Å². The van der Waals surface area contributed by atoms with Crippen LogP contribution in [0.1, 0.15) is 9.67 Å². The first-order valence-corrected chi connectivity index (χ1v) is 8.04. The van der Waals surface area contributed by atoms with Gasteiger partial charge in [-0.05, 0) is 27.4 Å². The van der Waals surface area contributed by atoms with Crippen molar-refractivity contribution in [3.05, 3.63) is 20.8 Å². The Kier molecular flexibility index (Phi) is 5.11. The number of amides is 1. The molecule has 17 heavy (non-hydrogen) atoms. The Hall–Kier alpha value is -0.440. The lowest BCUT2D eigenvalue weighted by molar-refractivity contribution is 0.0959. The molecule has 1 N–H and O–H groups in total. The topological polar surface area (TPSA) is 66.5 Å². The third-order valence-electron chi connectivity index (χ3n) is 2.03. The first-order valence-electron chi connectivity index (χ1n) is 4.76. The molecule has 1 aromatic rings. The van der Waals surface area contributed by atoms with E-state index < -0.39 is 10.0 Å². The van der Waals surface area contributed by atoms with Crippen molar-refractivity contribution in [1.29, 1.82) is 0 Å². The summed E-state index contributed by atoms with van der Waals surface area (Å²) in [5.74, 6) is -0.366. The Bertz CT molecular complexity index is 496. The molecule has 0 aliphatic heterocycles. The molecule has 0 aliphatic rings. The summed E-state index contributed by atoms with van der Waals surface area (Å²) in [5, 5.41) is 4.36. The third-order valence-corrected chi connectivity index (χ3v) is 5.69. The summed E-state index contributed by atoms with van der Waals surface area (Å²) in [6, 6.07) is 1.77. The zero-order valence-electron chi connectivity index (χ0n) is 9.44. The number of halogens is 1. The van der Waals surface area contributed by atoms with Gasteiger partial charge in [-0.1, -0.05) is 0 Å². The maximum Gasteiger partial charge on any atom is 0.262 e. The number of hydrogen-bond acceptors (Lipinski definition) is 4. The van der Waals surface area contributed by atoms with E-state index in [-0.39, 0.29) is 18.2 Å². The molecule has 1 amide bonds. The average Bonchev–Trinajstić information content (AvgIpc) is 2.63. The highest BCUT2D eigenvalue weighted by Crippen LogP contribution is 2.22. The molecule has 0 unspecified atom stereocenters. The summed E-state index contributed by atoms with van der Waals surface area (Å²) in [4.78, 5) is 12.2. The normalized spacial score (nSPS) is 11.8. The number of carbonyl (C=O) groups excluding carboxylic acids is 1. The average molecular weight is 341 g/mol. The first kappa shape index (κ1) is 14.6. The number of hydrogen-bond donors (Lipinski definition) is 1. The SMILES string of the molecule is CN(C)S(=O)(=O)CCNC(=O)c1sccc1Br. The lowest BCUT2D eigenvalue weighted by Gasteiger charge is -2.11. The smallest absolute Gasteiger partial charge is 0.262 e. The quantitative estimate of drug-likeness (QED) is 0.873. The van der Waals surface area contributed by atoms with Crippen LogP contribution in [-0.4, -0.2) is 45.0 Å². The van der Waals surface area contributed by atoms with Crippen LogP contribution in [0.5, 0.6) is 0 Å². The Morgan fingerprint density at radius 3 is 2.65 bits per heavy atom. The summed E-state index contributed by atoms with van der Waals surface area (Å²) >= 11 is 4.55. The molecule has 96 valence electrons. The summed E-state index contributed by atoms with van der Waals surface area (Å²) in [7, 11) is -0.332. The monoisotopic (exact) mass is 340 g/mol. The minimum absolute atomic E-state index is 0.101. The highest BCUT2D eigenvalue weighted by atomic mass is 79.9. The van der Waals surface area contributed by atoms with Gasteiger partial charge < -0.3 is 5.32 Å². The van der Waals surface area contributed by atoms with Crippen LogP contribution in [0.4, 0.5) is 0 Å². The molecule has 0 saturated carbocycles. The van der Waals surface area contributed by atoms with Crippen LogP contribution in [0.25, 0.3) is 0 Å². The second kappa shape index (κ2) is 5.94. The Balaban J connectivity index is 2.49. The van der Waals surface area contributed by atoms with Gasteiger partial charge in [-0.15, -0.1) is 11.3 Å². The van der Waals surface area contributed by atoms with E-state index in [2.05, 4.69) is 21.2 Å². The molecule has 8 heteroatoms. The van der Waals surface area contributed by atoms with Gasteiger partial charge in [0.25, 0.3) is 5.91 Å². The van der Waals surface area contributed by atoms with Crippen LogP contribution < -0.4 is 5.32 Å². The van der Waals surface area contributed by atoms with Crippen LogP contribution in [0.3, 0.4) is 0 Å². The first-order chi connectivity index (χ1) is 7.84. The fraction of sp³-hybridized carbons (Fsp3) is 0.444. The lowest BCUT2D eigenvalue weighted by atomic mass is 10.4. The van der Waals surface area contributed by atoms with Crippen LogP contribution >= 0.6 is 27.3 Å². The van der Waals surface area contributed by atoms with E-state index in [1.54, 1.807) is 11.4 Å². The van der Waals surface area contributed by atoms with E-state index >= 15 is 0 Å². The molecule has 1 heterocycles. The van der Waals surface area contributed by atoms with E-state index in [0.29, 0.717) is 4.88 Å². The molecule has 0 saturated heterocycles. The number of sulfonamides is 1. The third kappa shape index (κ3) is 4.06. The van der Waals surface area contributed by atoms with Crippen molar-refractivity contribution in [3.63, 3.8) is 0 Å². The zero-order valence-corrected chi connectivity index (χ0v) is 12.7. The standard InChI is InChI=1S/C9H13BrN2O3S2/c1-12(2)17(14,15)6-4-11-9(13)8-7(10)3-5-16-8/h3,5H,4,6H2,1-2H3,(H,11,13). The summed E-state index contributed by atoms with van der Waals surface area (Å²) in [6.45, 7) is 0.101. The maximum absolute atomic E-state index is 11.6. The van der Waals surface area contributed by atoms with Gasteiger partial charge in [-0.2, -0.15) is 0 Å². The van der Waals surface area contributed by atoms with Gasteiger partial charge in [0.05, 0.1) is 5.75 Å². The van der Waals surface area contributed by atoms with Crippen molar-refractivity contribution < 1.29 is 13.2 Å². The summed E-state index contributed by atoms with van der Waals surface area (Å²) in [6.07, 6.45) is 0. The molecular formula is C9H13BrN2O3S2. The van der Waals surface area contributed by atoms with Gasteiger partial charge in [0.15, 0.2) is 0 Å². The highest BCUT2D eigenvalue weighted by Gasteiger charge is 2.15. The van der Waals surface area contributed by atoms with Gasteiger partial charge >= 0.3 is 0 Å². The molecule has 0 spiro atoms. The predicted molar refractivity (Wildman–Crippen MR) is 71.8 cm³/mol. The fourth-order valence-corrected chi connectivity index (χ4v) is 3.20. The van der Waals surface area contributed by atoms with Gasteiger partial charge in [-0.25, -0.2) is 12.7 Å². The summed E-state index contributed by atoms with van der Waals surface area (Å²) < 4.78 is 24.7. The molecule has 0 radical (unpaired) electrons. The van der Waals surface area contributed by atoms with E-state index in [1.807, 2.05) is 0 Å². The number of rotatable bonds is 5. The largest absolute Gasteiger partial charge is 0.350 e. The molecule has 1 aromatic heterocycles. The summed E-state index contributed by atoms with van der Waals surface area (Å²) in [5.41, 5.74) is 0. The molecule has 0 atom stereocenters. The van der Waals surface area contributed by atoms with Crippen LogP contribution in [0.15, 0.2) is 15.9 Å². The molecule has 0 bridgehead atoms. The van der Waals surface area contributed by atoms with E-state index in [0.717, 1.165) is 8.78 Å². The minimum atomic E-state index is -3.26. The minimum Gasteiger partial charge on any atom is -0.350 e. The highest BCUT2D eigenvalue weighted by molar-refractivity contribution is 9.10. The van der Waals surface area contributed by atoms with Crippen molar-refractivity contribution in [2.45, 2.75) is 0 Å². The molecular weight excluding hydrogens is 328 g/mol. The molecule has 1 rings (SSSR count). The predicted octanol–water partition coefficient (Wildman–Crippen LogP) is 1.13. The van der Waals surface area contributed by atoms with E-state index in [1.165, 1.54) is 25.4 Å². The fourth-order valence-electron chi connectivity index (χ4n) is 1.01. The Morgan fingerprint density at radius 1 is 1.53 bits per heavy atom. The van der Waals surface area contributed by atoms with Crippen molar-refractivity contribution in [2.24, 2.45) is 0 Å². The van der Waals surface area contributed by atoms with E-state index in [9.17, 15) is 13.2 Å². The molecule has 0 aromatic carbocycles. The van der Waals surface area contributed by atoms with Crippen LogP contribution in [-0.2, 0) is 10.0 Å². The van der Waals surface area contributed by atoms with Crippen molar-refractivity contribution in [2.75, 3.05) is 26.4 Å². The Morgan fingerprint density at radius 2 is 2.18 bits per heavy atom. The van der Waals surface area contributed by atoms with Crippen molar-refractivity contribution in [3.8, 4) is 0 Å². The van der Waals surface area contributed by atoms with Gasteiger partial charge in [0, 0.05) is 25.1 Å². The van der Waals surface area contributed by atoms with Crippen LogP contribution in [0.2, 0.25) is 0 Å². The number of nitrogens with zero attached hydrogens (tertiary/aromatic N) is 1. The molecule has 5 nitrogen and oxygen atoms in total. The van der Waals surface area contributed by atoms with Gasteiger partial charge in [0.1, 0.15) is 4.88 Å². The maximum atomic E-state index is 11.6. The van der Waals surface area contributed by atoms with Crippen molar-refractivity contribution in [1.82, 2.24) is 9.62 Å². The number of thiophene rings is 1. The van der Waals surface area contributed by atoms with Crippen molar-refractivity contribution >= 4 is 43.2 Å². The van der Waals surface area contributed by atoms with E-state index in [4.69, 9.17) is 0 Å². The van der Waals surface area contributed by atoms with Gasteiger partial charge in [-0.3, -0.25) is 4.79 Å². The number of carbonyl (C=O) groups is 1.